The Kier molecular flexibility index (Phi) is 2.64. The summed E-state index contributed by atoms with van der Waals surface area (Å²) in [6.07, 6.45) is 1.89. The third-order valence-electron chi connectivity index (χ3n) is 1.97. The first-order valence-electron chi connectivity index (χ1n) is 4.30. The van der Waals surface area contributed by atoms with Crippen LogP contribution in [0.2, 0.25) is 0 Å². The first-order valence-corrected chi connectivity index (χ1v) is 5.11. The monoisotopic (exact) mass is 226 g/mol. The normalized spacial score (nSPS) is 10.5. The molecule has 0 radical (unpaired) electrons. The number of thiazole rings is 1. The number of rotatable bonds is 2. The second-order valence-electron chi connectivity index (χ2n) is 3.05. The zero-order valence-electron chi connectivity index (χ0n) is 7.71. The van der Waals surface area contributed by atoms with Crippen LogP contribution in [0.25, 0.3) is 0 Å². The van der Waals surface area contributed by atoms with Crippen LogP contribution in [0.5, 0.6) is 0 Å². The van der Waals surface area contributed by atoms with Crippen molar-refractivity contribution < 1.29 is 8.78 Å². The lowest BCUT2D eigenvalue weighted by Crippen LogP contribution is -1.93. The number of anilines is 1. The van der Waals surface area contributed by atoms with Gasteiger partial charge in [0.15, 0.2) is 16.8 Å². The van der Waals surface area contributed by atoms with Gasteiger partial charge in [-0.3, -0.25) is 0 Å². The maximum absolute atomic E-state index is 13.3. The molecule has 0 aliphatic carbocycles. The van der Waals surface area contributed by atoms with E-state index in [2.05, 4.69) is 4.98 Å². The highest BCUT2D eigenvalue weighted by molar-refractivity contribution is 7.15. The smallest absolute Gasteiger partial charge is 0.180 e. The molecule has 15 heavy (non-hydrogen) atoms. The number of nitrogens with zero attached hydrogens (tertiary/aromatic N) is 1. The molecule has 0 amide bonds. The fourth-order valence-electron chi connectivity index (χ4n) is 1.28. The van der Waals surface area contributed by atoms with Crippen LogP contribution in [-0.2, 0) is 6.42 Å². The van der Waals surface area contributed by atoms with Gasteiger partial charge in [-0.1, -0.05) is 12.1 Å². The predicted molar refractivity (Wildman–Crippen MR) is 55.7 cm³/mol. The first kappa shape index (κ1) is 10.0. The maximum Gasteiger partial charge on any atom is 0.180 e. The molecule has 1 heterocycles. The van der Waals surface area contributed by atoms with E-state index in [1.54, 1.807) is 12.3 Å². The Morgan fingerprint density at radius 2 is 2.13 bits per heavy atom. The first-order chi connectivity index (χ1) is 7.16. The number of hydrogen-bond acceptors (Lipinski definition) is 3. The van der Waals surface area contributed by atoms with Crippen molar-refractivity contribution in [2.45, 2.75) is 6.42 Å². The van der Waals surface area contributed by atoms with Crippen molar-refractivity contribution in [1.82, 2.24) is 4.98 Å². The number of nitrogen functional groups attached to an aromatic ring is 1. The minimum Gasteiger partial charge on any atom is -0.375 e. The van der Waals surface area contributed by atoms with E-state index < -0.39 is 11.6 Å². The van der Waals surface area contributed by atoms with Crippen molar-refractivity contribution >= 4 is 16.5 Å². The van der Waals surface area contributed by atoms with Crippen LogP contribution in [0.3, 0.4) is 0 Å². The molecule has 1 aromatic heterocycles. The van der Waals surface area contributed by atoms with E-state index in [0.717, 1.165) is 10.9 Å². The maximum atomic E-state index is 13.3. The van der Waals surface area contributed by atoms with Crippen LogP contribution < -0.4 is 5.73 Å². The Labute approximate surface area is 89.4 Å². The van der Waals surface area contributed by atoms with Gasteiger partial charge in [0.1, 0.15) is 0 Å². The summed E-state index contributed by atoms with van der Waals surface area (Å²) in [6, 6.07) is 4.13. The van der Waals surface area contributed by atoms with E-state index in [9.17, 15) is 8.78 Å². The number of nitrogens with two attached hydrogens (primary N) is 1. The molecule has 5 heteroatoms. The zero-order chi connectivity index (χ0) is 10.8. The number of hydrogen-bond donors (Lipinski definition) is 1. The molecular weight excluding hydrogens is 218 g/mol. The summed E-state index contributed by atoms with van der Waals surface area (Å²) < 4.78 is 26.1. The van der Waals surface area contributed by atoms with Gasteiger partial charge in [0, 0.05) is 17.5 Å². The van der Waals surface area contributed by atoms with Crippen LogP contribution in [0.4, 0.5) is 13.9 Å². The molecule has 2 rings (SSSR count). The fourth-order valence-corrected chi connectivity index (χ4v) is 1.98. The lowest BCUT2D eigenvalue weighted by molar-refractivity contribution is 0.501. The summed E-state index contributed by atoms with van der Waals surface area (Å²) in [5.41, 5.74) is 5.76. The summed E-state index contributed by atoms with van der Waals surface area (Å²) in [5.74, 6) is -1.63. The molecule has 0 aliphatic heterocycles. The molecular formula is C10H8F2N2S. The summed E-state index contributed by atoms with van der Waals surface area (Å²) in [7, 11) is 0. The zero-order valence-corrected chi connectivity index (χ0v) is 8.52. The SMILES string of the molecule is Nc1ncc(Cc2cccc(F)c2F)s1. The molecule has 0 saturated heterocycles. The number of halogens is 2. The molecule has 1 aromatic carbocycles. The Balaban J connectivity index is 2.28. The Morgan fingerprint density at radius 3 is 2.80 bits per heavy atom. The second-order valence-corrected chi connectivity index (χ2v) is 4.20. The van der Waals surface area contributed by atoms with E-state index in [-0.39, 0.29) is 0 Å². The topological polar surface area (TPSA) is 38.9 Å². The van der Waals surface area contributed by atoms with Crippen molar-refractivity contribution in [3.05, 3.63) is 46.5 Å². The molecule has 0 saturated carbocycles. The predicted octanol–water partition coefficient (Wildman–Crippen LogP) is 2.59. The lowest BCUT2D eigenvalue weighted by Gasteiger charge is -2.00. The molecule has 0 unspecified atom stereocenters. The van der Waals surface area contributed by atoms with E-state index in [4.69, 9.17) is 5.73 Å². The van der Waals surface area contributed by atoms with Gasteiger partial charge in [-0.15, -0.1) is 11.3 Å². The highest BCUT2D eigenvalue weighted by Gasteiger charge is 2.09. The molecule has 0 spiro atoms. The van der Waals surface area contributed by atoms with Crippen LogP contribution in [0, 0.1) is 11.6 Å². The average molecular weight is 226 g/mol. The third kappa shape index (κ3) is 2.12. The van der Waals surface area contributed by atoms with Crippen LogP contribution in [-0.4, -0.2) is 4.98 Å². The number of aromatic nitrogens is 1. The molecule has 0 atom stereocenters. The second kappa shape index (κ2) is 3.94. The summed E-state index contributed by atoms with van der Waals surface area (Å²) in [6.45, 7) is 0. The van der Waals surface area contributed by atoms with Crippen molar-refractivity contribution in [3.63, 3.8) is 0 Å². The lowest BCUT2D eigenvalue weighted by atomic mass is 10.1. The quantitative estimate of drug-likeness (QED) is 0.854. The summed E-state index contributed by atoms with van der Waals surface area (Å²) in [5, 5.41) is 0.432. The standard InChI is InChI=1S/C10H8F2N2S/c11-8-3-1-2-6(9(8)12)4-7-5-14-10(13)15-7/h1-3,5H,4H2,(H2,13,14). The van der Waals surface area contributed by atoms with Gasteiger partial charge >= 0.3 is 0 Å². The van der Waals surface area contributed by atoms with Gasteiger partial charge in [-0.05, 0) is 11.6 Å². The summed E-state index contributed by atoms with van der Waals surface area (Å²) in [4.78, 5) is 4.66. The van der Waals surface area contributed by atoms with Gasteiger partial charge in [-0.2, -0.15) is 0 Å². The van der Waals surface area contributed by atoms with Gasteiger partial charge in [0.05, 0.1) is 0 Å². The van der Waals surface area contributed by atoms with E-state index >= 15 is 0 Å². The van der Waals surface area contributed by atoms with Crippen LogP contribution in [0.15, 0.2) is 24.4 Å². The fraction of sp³-hybridized carbons (Fsp3) is 0.100. The van der Waals surface area contributed by atoms with Gasteiger partial charge in [0.2, 0.25) is 0 Å². The molecule has 2 aromatic rings. The molecule has 0 aliphatic rings. The highest BCUT2D eigenvalue weighted by atomic mass is 32.1. The molecule has 2 nitrogen and oxygen atoms in total. The van der Waals surface area contributed by atoms with Crippen molar-refractivity contribution in [2.75, 3.05) is 5.73 Å². The summed E-state index contributed by atoms with van der Waals surface area (Å²) >= 11 is 1.27. The minimum absolute atomic E-state index is 0.318. The Morgan fingerprint density at radius 1 is 1.33 bits per heavy atom. The third-order valence-corrected chi connectivity index (χ3v) is 2.79. The highest BCUT2D eigenvalue weighted by Crippen LogP contribution is 2.21. The van der Waals surface area contributed by atoms with E-state index in [0.29, 0.717) is 17.1 Å². The van der Waals surface area contributed by atoms with E-state index in [1.807, 2.05) is 0 Å². The average Bonchev–Trinajstić information content (AvgIpc) is 2.59. The van der Waals surface area contributed by atoms with Crippen molar-refractivity contribution in [2.24, 2.45) is 0 Å². The van der Waals surface area contributed by atoms with Crippen LogP contribution >= 0.6 is 11.3 Å². The molecule has 2 N–H and O–H groups in total. The van der Waals surface area contributed by atoms with Gasteiger partial charge in [-0.25, -0.2) is 13.8 Å². The largest absolute Gasteiger partial charge is 0.375 e. The molecule has 0 bridgehead atoms. The van der Waals surface area contributed by atoms with Crippen molar-refractivity contribution in [3.8, 4) is 0 Å². The number of benzene rings is 1. The Hall–Kier alpha value is -1.49. The van der Waals surface area contributed by atoms with E-state index in [1.165, 1.54) is 17.4 Å². The van der Waals surface area contributed by atoms with Crippen LogP contribution in [0.1, 0.15) is 10.4 Å². The van der Waals surface area contributed by atoms with Gasteiger partial charge < -0.3 is 5.73 Å². The molecule has 0 fully saturated rings. The van der Waals surface area contributed by atoms with Gasteiger partial charge in [0.25, 0.3) is 0 Å². The minimum atomic E-state index is -0.829. The molecule has 78 valence electrons. The Bertz CT molecular complexity index is 482. The van der Waals surface area contributed by atoms with Crippen molar-refractivity contribution in [1.29, 1.82) is 0 Å².